The van der Waals surface area contributed by atoms with Gasteiger partial charge in [-0.05, 0) is 43.6 Å². The average molecular weight is 201 g/mol. The van der Waals surface area contributed by atoms with E-state index in [2.05, 4.69) is 18.0 Å². The normalized spacial score (nSPS) is 28.2. The first-order valence-electron chi connectivity index (χ1n) is 5.62. The first-order valence-corrected chi connectivity index (χ1v) is 5.62. The monoisotopic (exact) mass is 201 g/mol. The van der Waals surface area contributed by atoms with E-state index in [-0.39, 0.29) is 5.56 Å². The van der Waals surface area contributed by atoms with E-state index in [1.165, 1.54) is 23.3 Å². The van der Waals surface area contributed by atoms with Crippen molar-refractivity contribution in [1.82, 2.24) is 4.98 Å². The Kier molecular flexibility index (Phi) is 1.84. The van der Waals surface area contributed by atoms with E-state index < -0.39 is 0 Å². The third-order valence-electron chi connectivity index (χ3n) is 3.62. The summed E-state index contributed by atoms with van der Waals surface area (Å²) in [5, 5.41) is 0. The summed E-state index contributed by atoms with van der Waals surface area (Å²) < 4.78 is 0. The molecule has 0 fully saturated rings. The van der Waals surface area contributed by atoms with E-state index in [1.807, 2.05) is 6.07 Å². The lowest BCUT2D eigenvalue weighted by atomic mass is 9.72. The summed E-state index contributed by atoms with van der Waals surface area (Å²) in [5.74, 6) is 1.29. The molecule has 2 nitrogen and oxygen atoms in total. The number of aromatic amines is 1. The maximum absolute atomic E-state index is 11.3. The molecule has 0 saturated heterocycles. The number of fused-ring (bicyclic) bond motifs is 4. The molecule has 1 aromatic rings. The number of pyridine rings is 1. The zero-order chi connectivity index (χ0) is 10.4. The van der Waals surface area contributed by atoms with Crippen molar-refractivity contribution in [3.05, 3.63) is 45.4 Å². The maximum atomic E-state index is 11.3. The van der Waals surface area contributed by atoms with Crippen molar-refractivity contribution in [1.29, 1.82) is 0 Å². The highest BCUT2D eigenvalue weighted by Crippen LogP contribution is 2.41. The van der Waals surface area contributed by atoms with Crippen molar-refractivity contribution >= 4 is 0 Å². The standard InChI is InChI=1S/C13H15NO/c1-8-4-9-6-10(5-8)11-2-3-13(15)14-12(11)7-9/h2-4,9-10H,5-7H2,1H3,(H,14,15)/t9-,10+/m1/s1. The van der Waals surface area contributed by atoms with E-state index in [0.717, 1.165) is 12.8 Å². The van der Waals surface area contributed by atoms with Crippen LogP contribution >= 0.6 is 0 Å². The molecule has 1 aromatic heterocycles. The Hall–Kier alpha value is -1.31. The minimum atomic E-state index is 0.0365. The Bertz CT molecular complexity index is 484. The molecule has 0 unspecified atom stereocenters. The van der Waals surface area contributed by atoms with Crippen LogP contribution < -0.4 is 5.56 Å². The molecule has 0 spiro atoms. The summed E-state index contributed by atoms with van der Waals surface area (Å²) in [6.07, 6.45) is 5.82. The van der Waals surface area contributed by atoms with Gasteiger partial charge in [0.05, 0.1) is 0 Å². The number of H-pyrrole nitrogens is 1. The molecular weight excluding hydrogens is 186 g/mol. The third kappa shape index (κ3) is 1.44. The van der Waals surface area contributed by atoms with Gasteiger partial charge >= 0.3 is 0 Å². The van der Waals surface area contributed by atoms with Gasteiger partial charge in [-0.25, -0.2) is 0 Å². The van der Waals surface area contributed by atoms with Crippen LogP contribution in [0.25, 0.3) is 0 Å². The number of aromatic nitrogens is 1. The van der Waals surface area contributed by atoms with Crippen LogP contribution in [-0.2, 0) is 6.42 Å². The van der Waals surface area contributed by atoms with E-state index >= 15 is 0 Å². The van der Waals surface area contributed by atoms with Gasteiger partial charge in [0.1, 0.15) is 0 Å². The molecule has 2 aliphatic rings. The van der Waals surface area contributed by atoms with Crippen LogP contribution in [0.2, 0.25) is 0 Å². The lowest BCUT2D eigenvalue weighted by Crippen LogP contribution is -2.25. The van der Waals surface area contributed by atoms with Gasteiger partial charge in [-0.15, -0.1) is 0 Å². The minimum Gasteiger partial charge on any atom is -0.326 e. The Morgan fingerprint density at radius 3 is 3.07 bits per heavy atom. The van der Waals surface area contributed by atoms with E-state index in [4.69, 9.17) is 0 Å². The van der Waals surface area contributed by atoms with Crippen molar-refractivity contribution in [2.24, 2.45) is 5.92 Å². The van der Waals surface area contributed by atoms with Gasteiger partial charge in [-0.2, -0.15) is 0 Å². The van der Waals surface area contributed by atoms with Gasteiger partial charge in [-0.3, -0.25) is 4.79 Å². The SMILES string of the molecule is CC1=C[C@H]2Cc3[nH]c(=O)ccc3[C@@H](C1)C2. The third-order valence-corrected chi connectivity index (χ3v) is 3.62. The van der Waals surface area contributed by atoms with Crippen LogP contribution in [-0.4, -0.2) is 4.98 Å². The van der Waals surface area contributed by atoms with E-state index in [9.17, 15) is 4.79 Å². The second-order valence-corrected chi connectivity index (χ2v) is 4.87. The number of nitrogens with one attached hydrogen (secondary N) is 1. The Labute approximate surface area is 89.0 Å². The highest BCUT2D eigenvalue weighted by atomic mass is 16.1. The molecule has 1 heterocycles. The van der Waals surface area contributed by atoms with Gasteiger partial charge in [-0.1, -0.05) is 17.7 Å². The molecule has 1 N–H and O–H groups in total. The molecule has 2 heteroatoms. The number of hydrogen-bond donors (Lipinski definition) is 1. The fourth-order valence-electron chi connectivity index (χ4n) is 3.10. The van der Waals surface area contributed by atoms with E-state index in [1.54, 1.807) is 6.07 Å². The van der Waals surface area contributed by atoms with Crippen molar-refractivity contribution in [2.45, 2.75) is 32.1 Å². The molecule has 2 bridgehead atoms. The van der Waals surface area contributed by atoms with Crippen LogP contribution in [0.15, 0.2) is 28.6 Å². The molecule has 0 saturated carbocycles. The zero-order valence-corrected chi connectivity index (χ0v) is 8.92. The van der Waals surface area contributed by atoms with Crippen LogP contribution in [0.1, 0.15) is 36.9 Å². The van der Waals surface area contributed by atoms with Gasteiger partial charge in [0.2, 0.25) is 5.56 Å². The predicted octanol–water partition coefficient (Wildman–Crippen LogP) is 2.37. The molecule has 2 aliphatic carbocycles. The molecule has 2 atom stereocenters. The molecule has 0 aliphatic heterocycles. The fraction of sp³-hybridized carbons (Fsp3) is 0.462. The second-order valence-electron chi connectivity index (χ2n) is 4.87. The van der Waals surface area contributed by atoms with Gasteiger partial charge in [0, 0.05) is 11.8 Å². The summed E-state index contributed by atoms with van der Waals surface area (Å²) >= 11 is 0. The minimum absolute atomic E-state index is 0.0365. The molecule has 0 aromatic carbocycles. The number of hydrogen-bond acceptors (Lipinski definition) is 1. The van der Waals surface area contributed by atoms with Crippen molar-refractivity contribution in [3.63, 3.8) is 0 Å². The lowest BCUT2D eigenvalue weighted by molar-refractivity contribution is 0.430. The Morgan fingerprint density at radius 1 is 1.33 bits per heavy atom. The van der Waals surface area contributed by atoms with Crippen molar-refractivity contribution in [2.75, 3.05) is 0 Å². The van der Waals surface area contributed by atoms with Gasteiger partial charge < -0.3 is 4.98 Å². The highest BCUT2D eigenvalue weighted by Gasteiger charge is 2.29. The topological polar surface area (TPSA) is 32.9 Å². The highest BCUT2D eigenvalue weighted by molar-refractivity contribution is 5.32. The summed E-state index contributed by atoms with van der Waals surface area (Å²) in [7, 11) is 0. The first-order chi connectivity index (χ1) is 7.22. The number of allylic oxidation sites excluding steroid dienone is 2. The Balaban J connectivity index is 2.11. The Morgan fingerprint density at radius 2 is 2.20 bits per heavy atom. The maximum Gasteiger partial charge on any atom is 0.248 e. The molecular formula is C13H15NO. The first kappa shape index (κ1) is 8.96. The lowest BCUT2D eigenvalue weighted by Gasteiger charge is -2.34. The van der Waals surface area contributed by atoms with Crippen LogP contribution in [0, 0.1) is 5.92 Å². The second kappa shape index (κ2) is 3.09. The van der Waals surface area contributed by atoms with Gasteiger partial charge in [0.25, 0.3) is 0 Å². The number of rotatable bonds is 0. The molecule has 15 heavy (non-hydrogen) atoms. The predicted molar refractivity (Wildman–Crippen MR) is 60.0 cm³/mol. The quantitative estimate of drug-likeness (QED) is 0.642. The van der Waals surface area contributed by atoms with Gasteiger partial charge in [0.15, 0.2) is 0 Å². The largest absolute Gasteiger partial charge is 0.326 e. The summed E-state index contributed by atoms with van der Waals surface area (Å²) in [4.78, 5) is 14.2. The molecule has 0 radical (unpaired) electrons. The van der Waals surface area contributed by atoms with Crippen LogP contribution in [0.5, 0.6) is 0 Å². The van der Waals surface area contributed by atoms with Crippen molar-refractivity contribution < 1.29 is 0 Å². The summed E-state index contributed by atoms with van der Waals surface area (Å²) in [6.45, 7) is 2.22. The molecule has 78 valence electrons. The zero-order valence-electron chi connectivity index (χ0n) is 8.92. The van der Waals surface area contributed by atoms with Crippen LogP contribution in [0.4, 0.5) is 0 Å². The molecule has 0 amide bonds. The smallest absolute Gasteiger partial charge is 0.248 e. The van der Waals surface area contributed by atoms with Crippen LogP contribution in [0.3, 0.4) is 0 Å². The van der Waals surface area contributed by atoms with Crippen molar-refractivity contribution in [3.8, 4) is 0 Å². The summed E-state index contributed by atoms with van der Waals surface area (Å²) in [5.41, 5.74) is 4.09. The van der Waals surface area contributed by atoms with E-state index in [0.29, 0.717) is 11.8 Å². The average Bonchev–Trinajstić information content (AvgIpc) is 2.15. The summed E-state index contributed by atoms with van der Waals surface area (Å²) in [6, 6.07) is 3.68. The fourth-order valence-corrected chi connectivity index (χ4v) is 3.10. The molecule has 3 rings (SSSR count).